The third-order valence-corrected chi connectivity index (χ3v) is 5.67. The molecule has 0 aliphatic rings. The summed E-state index contributed by atoms with van der Waals surface area (Å²) in [4.78, 5) is 12.5. The minimum absolute atomic E-state index is 0.201. The van der Waals surface area contributed by atoms with Gasteiger partial charge < -0.3 is 18.9 Å². The monoisotopic (exact) mass is 479 g/mol. The zero-order valence-electron chi connectivity index (χ0n) is 17.5. The van der Waals surface area contributed by atoms with Crippen molar-refractivity contribution in [1.29, 1.82) is 0 Å². The van der Waals surface area contributed by atoms with E-state index < -0.39 is 0 Å². The number of rotatable bonds is 6. The summed E-state index contributed by atoms with van der Waals surface area (Å²) < 4.78 is 17.8. The van der Waals surface area contributed by atoms with Crippen molar-refractivity contribution in [1.82, 2.24) is 5.32 Å². The van der Waals surface area contributed by atoms with Crippen molar-refractivity contribution in [3.05, 3.63) is 82.4 Å². The molecule has 4 rings (SSSR count). The molecule has 0 fully saturated rings. The van der Waals surface area contributed by atoms with E-state index in [1.165, 1.54) is 0 Å². The van der Waals surface area contributed by atoms with Gasteiger partial charge in [0.25, 0.3) is 0 Å². The molecule has 0 aliphatic carbocycles. The SMILES string of the molecule is COc1c(/C(C)=C/C(=O)NCc2ccco2)cc2c(-c3cccc(Br)c3)coc2c1C. The maximum absolute atomic E-state index is 12.5. The lowest BCUT2D eigenvalue weighted by molar-refractivity contribution is -0.116. The highest BCUT2D eigenvalue weighted by Crippen LogP contribution is 2.40. The smallest absolute Gasteiger partial charge is 0.244 e. The summed E-state index contributed by atoms with van der Waals surface area (Å²) in [7, 11) is 1.63. The number of hydrogen-bond acceptors (Lipinski definition) is 4. The number of benzene rings is 2. The Morgan fingerprint density at radius 3 is 2.74 bits per heavy atom. The number of ether oxygens (including phenoxy) is 1. The number of nitrogens with one attached hydrogen (secondary N) is 1. The summed E-state index contributed by atoms with van der Waals surface area (Å²) in [6.45, 7) is 4.19. The molecule has 2 aromatic carbocycles. The quantitative estimate of drug-likeness (QED) is 0.321. The van der Waals surface area contributed by atoms with Gasteiger partial charge >= 0.3 is 0 Å². The second kappa shape index (κ2) is 8.86. The molecule has 158 valence electrons. The van der Waals surface area contributed by atoms with E-state index in [2.05, 4.69) is 21.2 Å². The van der Waals surface area contributed by atoms with E-state index in [0.717, 1.165) is 43.3 Å². The van der Waals surface area contributed by atoms with Crippen molar-refractivity contribution in [2.24, 2.45) is 0 Å². The third-order valence-electron chi connectivity index (χ3n) is 5.17. The normalized spacial score (nSPS) is 11.7. The Bertz CT molecular complexity index is 1270. The van der Waals surface area contributed by atoms with Crippen LogP contribution in [0.5, 0.6) is 5.75 Å². The van der Waals surface area contributed by atoms with Crippen LogP contribution in [-0.2, 0) is 11.3 Å². The van der Waals surface area contributed by atoms with E-state index in [9.17, 15) is 4.79 Å². The van der Waals surface area contributed by atoms with Crippen LogP contribution in [0.1, 0.15) is 23.8 Å². The van der Waals surface area contributed by atoms with Gasteiger partial charge in [0.05, 0.1) is 26.2 Å². The van der Waals surface area contributed by atoms with Crippen LogP contribution in [0.3, 0.4) is 0 Å². The minimum atomic E-state index is -0.201. The Balaban J connectivity index is 1.73. The summed E-state index contributed by atoms with van der Waals surface area (Å²) in [5, 5.41) is 3.81. The number of carbonyl (C=O) groups is 1. The number of halogens is 1. The molecule has 5 nitrogen and oxygen atoms in total. The molecular formula is C25H22BrNO4. The molecule has 2 aromatic heterocycles. The van der Waals surface area contributed by atoms with Gasteiger partial charge in [-0.05, 0) is 55.3 Å². The highest BCUT2D eigenvalue weighted by molar-refractivity contribution is 9.10. The minimum Gasteiger partial charge on any atom is -0.496 e. The first kappa shape index (κ1) is 21.0. The van der Waals surface area contributed by atoms with Gasteiger partial charge in [0, 0.05) is 32.6 Å². The number of fused-ring (bicyclic) bond motifs is 1. The zero-order valence-corrected chi connectivity index (χ0v) is 19.1. The summed E-state index contributed by atoms with van der Waals surface area (Å²) >= 11 is 3.53. The van der Waals surface area contributed by atoms with Crippen LogP contribution in [0.4, 0.5) is 0 Å². The van der Waals surface area contributed by atoms with Crippen LogP contribution < -0.4 is 10.1 Å². The Morgan fingerprint density at radius 2 is 2.03 bits per heavy atom. The lowest BCUT2D eigenvalue weighted by atomic mass is 9.96. The molecule has 0 radical (unpaired) electrons. The van der Waals surface area contributed by atoms with Crippen LogP contribution in [0.15, 0.2) is 74.4 Å². The molecule has 4 aromatic rings. The number of aryl methyl sites for hydroxylation is 1. The van der Waals surface area contributed by atoms with Crippen molar-refractivity contribution in [3.63, 3.8) is 0 Å². The van der Waals surface area contributed by atoms with Crippen LogP contribution in [0.2, 0.25) is 0 Å². The second-order valence-electron chi connectivity index (χ2n) is 7.24. The standard InChI is InChI=1S/C25H22BrNO4/c1-15(10-23(28)27-13-19-8-5-9-30-19)20-12-21-22(17-6-4-7-18(26)11-17)14-31-25(21)16(2)24(20)29-3/h4-12,14H,13H2,1-3H3,(H,27,28)/b15-10+. The van der Waals surface area contributed by atoms with E-state index in [-0.39, 0.29) is 5.91 Å². The number of furan rings is 2. The van der Waals surface area contributed by atoms with Crippen molar-refractivity contribution in [3.8, 4) is 16.9 Å². The van der Waals surface area contributed by atoms with E-state index in [0.29, 0.717) is 18.1 Å². The highest BCUT2D eigenvalue weighted by atomic mass is 79.9. The average molecular weight is 480 g/mol. The molecular weight excluding hydrogens is 458 g/mol. The fourth-order valence-corrected chi connectivity index (χ4v) is 4.06. The van der Waals surface area contributed by atoms with Gasteiger partial charge in [0.15, 0.2) is 0 Å². The Labute approximate surface area is 188 Å². The first-order valence-electron chi connectivity index (χ1n) is 9.81. The molecule has 0 bridgehead atoms. The van der Waals surface area contributed by atoms with Crippen molar-refractivity contribution in [2.45, 2.75) is 20.4 Å². The van der Waals surface area contributed by atoms with Gasteiger partial charge in [-0.25, -0.2) is 0 Å². The predicted molar refractivity (Wildman–Crippen MR) is 125 cm³/mol. The fourth-order valence-electron chi connectivity index (χ4n) is 3.66. The van der Waals surface area contributed by atoms with Gasteiger partial charge in [-0.15, -0.1) is 0 Å². The van der Waals surface area contributed by atoms with E-state index in [4.69, 9.17) is 13.6 Å². The van der Waals surface area contributed by atoms with Gasteiger partial charge in [-0.2, -0.15) is 0 Å². The van der Waals surface area contributed by atoms with E-state index in [1.54, 1.807) is 31.8 Å². The first-order chi connectivity index (χ1) is 15.0. The Hall–Kier alpha value is -3.25. The summed E-state index contributed by atoms with van der Waals surface area (Å²) in [5.74, 6) is 1.19. The van der Waals surface area contributed by atoms with Gasteiger partial charge in [0.2, 0.25) is 5.91 Å². The maximum Gasteiger partial charge on any atom is 0.244 e. The summed E-state index contributed by atoms with van der Waals surface area (Å²) in [5.41, 5.74) is 5.32. The van der Waals surface area contributed by atoms with Crippen LogP contribution in [0.25, 0.3) is 27.7 Å². The van der Waals surface area contributed by atoms with Crippen molar-refractivity contribution < 1.29 is 18.4 Å². The van der Waals surface area contributed by atoms with Gasteiger partial charge in [-0.3, -0.25) is 4.79 Å². The first-order valence-corrected chi connectivity index (χ1v) is 10.6. The van der Waals surface area contributed by atoms with E-state index >= 15 is 0 Å². The molecule has 0 unspecified atom stereocenters. The fraction of sp³-hybridized carbons (Fsp3) is 0.160. The number of hydrogen-bond donors (Lipinski definition) is 1. The molecule has 0 spiro atoms. The molecule has 2 heterocycles. The number of methoxy groups -OCH3 is 1. The molecule has 31 heavy (non-hydrogen) atoms. The van der Waals surface area contributed by atoms with Gasteiger partial charge in [-0.1, -0.05) is 28.1 Å². The Morgan fingerprint density at radius 1 is 1.19 bits per heavy atom. The molecule has 6 heteroatoms. The highest BCUT2D eigenvalue weighted by Gasteiger charge is 2.19. The zero-order chi connectivity index (χ0) is 22.0. The molecule has 0 saturated heterocycles. The molecule has 0 saturated carbocycles. The lowest BCUT2D eigenvalue weighted by Crippen LogP contribution is -2.20. The van der Waals surface area contributed by atoms with Crippen molar-refractivity contribution >= 4 is 38.4 Å². The number of amides is 1. The molecule has 1 N–H and O–H groups in total. The average Bonchev–Trinajstić information content (AvgIpc) is 3.42. The number of carbonyl (C=O) groups excluding carboxylic acids is 1. The third kappa shape index (κ3) is 4.30. The Kier molecular flexibility index (Phi) is 6.00. The molecule has 1 amide bonds. The summed E-state index contributed by atoms with van der Waals surface area (Å²) in [6, 6.07) is 13.7. The van der Waals surface area contributed by atoms with Crippen LogP contribution in [-0.4, -0.2) is 13.0 Å². The van der Waals surface area contributed by atoms with Gasteiger partial charge in [0.1, 0.15) is 17.1 Å². The molecule has 0 aliphatic heterocycles. The topological polar surface area (TPSA) is 64.6 Å². The van der Waals surface area contributed by atoms with E-state index in [1.807, 2.05) is 50.2 Å². The largest absolute Gasteiger partial charge is 0.496 e. The second-order valence-corrected chi connectivity index (χ2v) is 8.16. The van der Waals surface area contributed by atoms with Crippen LogP contribution in [0, 0.1) is 6.92 Å². The summed E-state index contributed by atoms with van der Waals surface area (Å²) in [6.07, 6.45) is 4.92. The van der Waals surface area contributed by atoms with Crippen molar-refractivity contribution in [2.75, 3.05) is 7.11 Å². The maximum atomic E-state index is 12.5. The number of allylic oxidation sites excluding steroid dienone is 1. The lowest BCUT2D eigenvalue weighted by Gasteiger charge is -2.13. The molecule has 0 atom stereocenters. The predicted octanol–water partition coefficient (Wildman–Crippen LogP) is 6.49. The van der Waals surface area contributed by atoms with Crippen LogP contribution >= 0.6 is 15.9 Å².